The summed E-state index contributed by atoms with van der Waals surface area (Å²) in [6.07, 6.45) is 0. The van der Waals surface area contributed by atoms with Gasteiger partial charge in [0.1, 0.15) is 0 Å². The molecule has 0 radical (unpaired) electrons. The topological polar surface area (TPSA) is 0 Å². The van der Waals surface area contributed by atoms with E-state index >= 15 is 0 Å². The van der Waals surface area contributed by atoms with E-state index in [1.54, 1.807) is 0 Å². The Morgan fingerprint density at radius 1 is 0.400 bits per heavy atom. The molecule has 0 heterocycles. The van der Waals surface area contributed by atoms with Crippen LogP contribution in [-0.2, 0) is 0 Å². The van der Waals surface area contributed by atoms with Crippen molar-refractivity contribution < 1.29 is 0 Å². The Hall–Kier alpha value is -3.64. The SMILES string of the molecule is Cc1cc(C)cc(-c2ccc(-c3ccc(-c4cccc5ccccc45)cc3)cc2)c1. The van der Waals surface area contributed by atoms with Crippen LogP contribution < -0.4 is 0 Å². The van der Waals surface area contributed by atoms with Gasteiger partial charge in [-0.2, -0.15) is 0 Å². The molecule has 0 aliphatic rings. The van der Waals surface area contributed by atoms with Crippen LogP contribution in [0, 0.1) is 13.8 Å². The van der Waals surface area contributed by atoms with E-state index in [2.05, 4.69) is 123 Å². The maximum absolute atomic E-state index is 2.25. The van der Waals surface area contributed by atoms with E-state index < -0.39 is 0 Å². The Labute approximate surface area is 178 Å². The lowest BCUT2D eigenvalue weighted by molar-refractivity contribution is 1.38. The average Bonchev–Trinajstić information content (AvgIpc) is 2.78. The van der Waals surface area contributed by atoms with Crippen molar-refractivity contribution in [3.05, 3.63) is 120 Å². The van der Waals surface area contributed by atoms with Crippen LogP contribution in [-0.4, -0.2) is 0 Å². The number of hydrogen-bond acceptors (Lipinski definition) is 0. The highest BCUT2D eigenvalue weighted by Gasteiger charge is 2.05. The van der Waals surface area contributed by atoms with Crippen molar-refractivity contribution in [3.63, 3.8) is 0 Å². The fourth-order valence-corrected chi connectivity index (χ4v) is 4.32. The van der Waals surface area contributed by atoms with Crippen molar-refractivity contribution in [1.29, 1.82) is 0 Å². The third-order valence-corrected chi connectivity index (χ3v) is 5.76. The lowest BCUT2D eigenvalue weighted by atomic mass is 9.95. The Morgan fingerprint density at radius 2 is 0.900 bits per heavy atom. The summed E-state index contributed by atoms with van der Waals surface area (Å²) in [6, 6.07) is 39.6. The maximum Gasteiger partial charge on any atom is -0.0105 e. The number of hydrogen-bond donors (Lipinski definition) is 0. The van der Waals surface area contributed by atoms with Crippen molar-refractivity contribution in [2.45, 2.75) is 13.8 Å². The third kappa shape index (κ3) is 3.53. The van der Waals surface area contributed by atoms with Crippen LogP contribution in [0.1, 0.15) is 11.1 Å². The van der Waals surface area contributed by atoms with E-state index in [1.807, 2.05) is 0 Å². The Kier molecular flexibility index (Phi) is 4.69. The summed E-state index contributed by atoms with van der Waals surface area (Å²) in [6.45, 7) is 4.31. The molecule has 0 amide bonds. The van der Waals surface area contributed by atoms with Crippen LogP contribution in [0.5, 0.6) is 0 Å². The average molecular weight is 385 g/mol. The molecule has 0 N–H and O–H groups in total. The Balaban J connectivity index is 1.45. The minimum Gasteiger partial charge on any atom is -0.0616 e. The zero-order valence-electron chi connectivity index (χ0n) is 17.4. The second-order valence-electron chi connectivity index (χ2n) is 8.06. The quantitative estimate of drug-likeness (QED) is 0.293. The van der Waals surface area contributed by atoms with Gasteiger partial charge in [-0.25, -0.2) is 0 Å². The first-order valence-electron chi connectivity index (χ1n) is 10.4. The normalized spacial score (nSPS) is 11.0. The summed E-state index contributed by atoms with van der Waals surface area (Å²) < 4.78 is 0. The predicted molar refractivity (Wildman–Crippen MR) is 130 cm³/mol. The largest absolute Gasteiger partial charge is 0.0616 e. The van der Waals surface area contributed by atoms with Crippen LogP contribution in [0.2, 0.25) is 0 Å². The van der Waals surface area contributed by atoms with Gasteiger partial charge in [0.2, 0.25) is 0 Å². The summed E-state index contributed by atoms with van der Waals surface area (Å²) in [5, 5.41) is 2.58. The summed E-state index contributed by atoms with van der Waals surface area (Å²) in [5.41, 5.74) is 10.2. The first kappa shape index (κ1) is 18.4. The molecule has 30 heavy (non-hydrogen) atoms. The van der Waals surface area contributed by atoms with Crippen LogP contribution >= 0.6 is 0 Å². The second-order valence-corrected chi connectivity index (χ2v) is 8.06. The minimum absolute atomic E-state index is 1.24. The summed E-state index contributed by atoms with van der Waals surface area (Å²) >= 11 is 0. The van der Waals surface area contributed by atoms with Crippen LogP contribution in [0.4, 0.5) is 0 Å². The second kappa shape index (κ2) is 7.65. The monoisotopic (exact) mass is 384 g/mol. The van der Waals surface area contributed by atoms with Crippen LogP contribution in [0.25, 0.3) is 44.2 Å². The van der Waals surface area contributed by atoms with Gasteiger partial charge in [0, 0.05) is 0 Å². The van der Waals surface area contributed by atoms with Crippen molar-refractivity contribution in [3.8, 4) is 33.4 Å². The van der Waals surface area contributed by atoms with Gasteiger partial charge >= 0.3 is 0 Å². The minimum atomic E-state index is 1.24. The third-order valence-electron chi connectivity index (χ3n) is 5.76. The lowest BCUT2D eigenvalue weighted by Crippen LogP contribution is -1.85. The van der Waals surface area contributed by atoms with Crippen LogP contribution in [0.15, 0.2) is 109 Å². The van der Waals surface area contributed by atoms with E-state index in [1.165, 1.54) is 55.3 Å². The van der Waals surface area contributed by atoms with E-state index in [-0.39, 0.29) is 0 Å². The molecule has 0 aromatic heterocycles. The van der Waals surface area contributed by atoms with E-state index in [4.69, 9.17) is 0 Å². The molecule has 144 valence electrons. The molecule has 5 aromatic carbocycles. The maximum atomic E-state index is 2.25. The zero-order chi connectivity index (χ0) is 20.5. The number of aryl methyl sites for hydroxylation is 2. The molecule has 0 aliphatic carbocycles. The first-order valence-corrected chi connectivity index (χ1v) is 10.4. The molecule has 0 nitrogen and oxygen atoms in total. The molecule has 0 fully saturated rings. The summed E-state index contributed by atoms with van der Waals surface area (Å²) in [7, 11) is 0. The molecular weight excluding hydrogens is 360 g/mol. The van der Waals surface area contributed by atoms with Gasteiger partial charge in [-0.3, -0.25) is 0 Å². The van der Waals surface area contributed by atoms with Gasteiger partial charge in [-0.05, 0) is 58.0 Å². The highest BCUT2D eigenvalue weighted by atomic mass is 14.1. The Bertz CT molecular complexity index is 1300. The molecule has 0 unspecified atom stereocenters. The van der Waals surface area contributed by atoms with E-state index in [0.29, 0.717) is 0 Å². The van der Waals surface area contributed by atoms with Gasteiger partial charge in [-0.15, -0.1) is 0 Å². The van der Waals surface area contributed by atoms with Crippen LogP contribution in [0.3, 0.4) is 0 Å². The van der Waals surface area contributed by atoms with Gasteiger partial charge in [-0.1, -0.05) is 120 Å². The molecule has 5 aromatic rings. The number of fused-ring (bicyclic) bond motifs is 1. The lowest BCUT2D eigenvalue weighted by Gasteiger charge is -2.09. The molecule has 0 saturated heterocycles. The predicted octanol–water partition coefficient (Wildman–Crippen LogP) is 8.46. The standard InChI is InChI=1S/C30H24/c1-21-18-22(2)20-28(19-21)25-12-10-23(11-13-25)24-14-16-27(17-15-24)30-9-5-7-26-6-3-4-8-29(26)30/h3-20H,1-2H3. The van der Waals surface area contributed by atoms with Gasteiger partial charge in [0.15, 0.2) is 0 Å². The highest BCUT2D eigenvalue weighted by Crippen LogP contribution is 2.31. The Morgan fingerprint density at radius 3 is 1.53 bits per heavy atom. The fourth-order valence-electron chi connectivity index (χ4n) is 4.32. The highest BCUT2D eigenvalue weighted by molar-refractivity contribution is 5.96. The zero-order valence-corrected chi connectivity index (χ0v) is 17.4. The molecule has 0 heteroatoms. The van der Waals surface area contributed by atoms with E-state index in [9.17, 15) is 0 Å². The molecule has 5 rings (SSSR count). The van der Waals surface area contributed by atoms with Gasteiger partial charge < -0.3 is 0 Å². The molecule has 0 atom stereocenters. The molecule has 0 saturated carbocycles. The molecular formula is C30H24. The first-order chi connectivity index (χ1) is 14.7. The van der Waals surface area contributed by atoms with E-state index in [0.717, 1.165) is 0 Å². The van der Waals surface area contributed by atoms with Gasteiger partial charge in [0.25, 0.3) is 0 Å². The van der Waals surface area contributed by atoms with Crippen molar-refractivity contribution in [2.75, 3.05) is 0 Å². The summed E-state index contributed by atoms with van der Waals surface area (Å²) in [5.74, 6) is 0. The fraction of sp³-hybridized carbons (Fsp3) is 0.0667. The smallest absolute Gasteiger partial charge is 0.0105 e. The molecule has 0 aliphatic heterocycles. The molecule has 0 spiro atoms. The number of benzene rings is 5. The molecule has 0 bridgehead atoms. The number of rotatable bonds is 3. The van der Waals surface area contributed by atoms with Crippen molar-refractivity contribution in [2.24, 2.45) is 0 Å². The van der Waals surface area contributed by atoms with Crippen molar-refractivity contribution in [1.82, 2.24) is 0 Å². The summed E-state index contributed by atoms with van der Waals surface area (Å²) in [4.78, 5) is 0. The van der Waals surface area contributed by atoms with Gasteiger partial charge in [0.05, 0.1) is 0 Å². The van der Waals surface area contributed by atoms with Crippen molar-refractivity contribution >= 4 is 10.8 Å².